The topological polar surface area (TPSA) is 40.5 Å². The second-order valence-corrected chi connectivity index (χ2v) is 11.0. The van der Waals surface area contributed by atoms with Crippen molar-refractivity contribution in [2.24, 2.45) is 34.5 Å². The summed E-state index contributed by atoms with van der Waals surface area (Å²) in [5.74, 6) is 2.53. The first kappa shape index (κ1) is 21.7. The fourth-order valence-corrected chi connectivity index (χ4v) is 7.95. The minimum atomic E-state index is -4.49. The van der Waals surface area contributed by atoms with Crippen LogP contribution in [0.5, 0.6) is 0 Å². The molecule has 29 heavy (non-hydrogen) atoms. The van der Waals surface area contributed by atoms with Gasteiger partial charge in [-0.3, -0.25) is 0 Å². The van der Waals surface area contributed by atoms with Crippen molar-refractivity contribution in [2.45, 2.75) is 103 Å². The largest absolute Gasteiger partial charge is 0.414 e. The lowest BCUT2D eigenvalue weighted by Crippen LogP contribution is -2.50. The third kappa shape index (κ3) is 3.69. The predicted molar refractivity (Wildman–Crippen MR) is 107 cm³/mol. The molecule has 5 heteroatoms. The SMILES string of the molecule is CC12CCC3C(CC=C4C[C@@H](O)CC[C@@]43C)C1CCC2CCCC(O)C(F)(F)F. The Morgan fingerprint density at radius 2 is 1.86 bits per heavy atom. The molecule has 0 saturated heterocycles. The average Bonchev–Trinajstić information content (AvgIpc) is 2.98. The first-order chi connectivity index (χ1) is 13.6. The Bertz CT molecular complexity index is 645. The van der Waals surface area contributed by atoms with E-state index in [9.17, 15) is 23.4 Å². The van der Waals surface area contributed by atoms with Gasteiger partial charge in [0.1, 0.15) is 6.10 Å². The van der Waals surface area contributed by atoms with Gasteiger partial charge in [0.2, 0.25) is 0 Å². The van der Waals surface area contributed by atoms with Crippen LogP contribution in [0, 0.1) is 34.5 Å². The first-order valence-corrected chi connectivity index (χ1v) is 11.7. The molecule has 2 N–H and O–H groups in total. The molecule has 4 rings (SSSR count). The van der Waals surface area contributed by atoms with Crippen LogP contribution in [0.15, 0.2) is 11.6 Å². The lowest BCUT2D eigenvalue weighted by molar-refractivity contribution is -0.205. The Morgan fingerprint density at radius 3 is 2.59 bits per heavy atom. The summed E-state index contributed by atoms with van der Waals surface area (Å²) < 4.78 is 37.8. The van der Waals surface area contributed by atoms with Crippen LogP contribution in [-0.4, -0.2) is 28.6 Å². The van der Waals surface area contributed by atoms with Crippen molar-refractivity contribution in [3.05, 3.63) is 11.6 Å². The van der Waals surface area contributed by atoms with E-state index in [4.69, 9.17) is 0 Å². The fraction of sp³-hybridized carbons (Fsp3) is 0.917. The van der Waals surface area contributed by atoms with E-state index in [0.717, 1.165) is 38.5 Å². The number of allylic oxidation sites excluding steroid dienone is 1. The second kappa shape index (κ2) is 7.55. The summed E-state index contributed by atoms with van der Waals surface area (Å²) in [5.41, 5.74) is 1.95. The van der Waals surface area contributed by atoms with Gasteiger partial charge in [-0.05, 0) is 98.7 Å². The molecule has 0 spiro atoms. The summed E-state index contributed by atoms with van der Waals surface area (Å²) >= 11 is 0. The van der Waals surface area contributed by atoms with Crippen molar-refractivity contribution in [3.8, 4) is 0 Å². The number of fused-ring (bicyclic) bond motifs is 5. The van der Waals surface area contributed by atoms with Gasteiger partial charge >= 0.3 is 6.18 Å². The third-order valence-corrected chi connectivity index (χ3v) is 9.68. The van der Waals surface area contributed by atoms with Crippen molar-refractivity contribution in [3.63, 3.8) is 0 Å². The van der Waals surface area contributed by atoms with Crippen molar-refractivity contribution in [1.82, 2.24) is 0 Å². The summed E-state index contributed by atoms with van der Waals surface area (Å²) in [6, 6.07) is 0. The Morgan fingerprint density at radius 1 is 1.10 bits per heavy atom. The van der Waals surface area contributed by atoms with E-state index >= 15 is 0 Å². The van der Waals surface area contributed by atoms with Crippen LogP contribution >= 0.6 is 0 Å². The van der Waals surface area contributed by atoms with Gasteiger partial charge in [-0.2, -0.15) is 13.2 Å². The highest BCUT2D eigenvalue weighted by Gasteiger charge is 2.58. The van der Waals surface area contributed by atoms with E-state index in [2.05, 4.69) is 19.9 Å². The molecule has 0 amide bonds. The number of aliphatic hydroxyl groups is 2. The minimum Gasteiger partial charge on any atom is -0.393 e. The second-order valence-electron chi connectivity index (χ2n) is 11.0. The van der Waals surface area contributed by atoms with Gasteiger partial charge in [0.15, 0.2) is 0 Å². The molecule has 0 aromatic carbocycles. The van der Waals surface area contributed by atoms with E-state index in [1.165, 1.54) is 24.8 Å². The molecule has 3 saturated carbocycles. The molecule has 2 nitrogen and oxygen atoms in total. The predicted octanol–water partition coefficient (Wildman–Crippen LogP) is 6.02. The molecule has 0 bridgehead atoms. The van der Waals surface area contributed by atoms with Crippen molar-refractivity contribution in [2.75, 3.05) is 0 Å². The molecule has 0 heterocycles. The van der Waals surface area contributed by atoms with Gasteiger partial charge in [0, 0.05) is 0 Å². The number of alkyl halides is 3. The van der Waals surface area contributed by atoms with Gasteiger partial charge < -0.3 is 10.2 Å². The standard InChI is InChI=1S/C24H37F3O2/c1-22-13-11-20-18(8-6-16-14-17(28)10-12-23(16,20)2)19(22)9-7-15(22)4-3-5-21(29)24(25,26)27/h6,15,17-21,28-29H,3-5,7-14H2,1-2H3/t15?,17-,18?,19?,20?,21?,22?,23-/m0/s1. The highest BCUT2D eigenvalue weighted by Crippen LogP contribution is 2.66. The van der Waals surface area contributed by atoms with Crippen LogP contribution in [0.3, 0.4) is 0 Å². The Hall–Kier alpha value is -0.550. The zero-order valence-electron chi connectivity index (χ0n) is 17.8. The maximum Gasteiger partial charge on any atom is 0.414 e. The highest BCUT2D eigenvalue weighted by molar-refractivity contribution is 5.25. The molecule has 8 atom stereocenters. The molecular formula is C24H37F3O2. The van der Waals surface area contributed by atoms with Crippen LogP contribution in [0.2, 0.25) is 0 Å². The molecule has 0 aromatic heterocycles. The van der Waals surface area contributed by atoms with E-state index < -0.39 is 12.3 Å². The zero-order chi connectivity index (χ0) is 21.0. The smallest absolute Gasteiger partial charge is 0.393 e. The van der Waals surface area contributed by atoms with Crippen molar-refractivity contribution >= 4 is 0 Å². The maximum atomic E-state index is 12.6. The van der Waals surface area contributed by atoms with Gasteiger partial charge in [0.25, 0.3) is 0 Å². The molecule has 4 aliphatic carbocycles. The highest BCUT2D eigenvalue weighted by atomic mass is 19.4. The van der Waals surface area contributed by atoms with Gasteiger partial charge in [-0.25, -0.2) is 0 Å². The van der Waals surface area contributed by atoms with E-state index in [1.54, 1.807) is 0 Å². The summed E-state index contributed by atoms with van der Waals surface area (Å²) in [6.07, 6.45) is 5.35. The monoisotopic (exact) mass is 414 g/mol. The quantitative estimate of drug-likeness (QED) is 0.552. The maximum absolute atomic E-state index is 12.6. The van der Waals surface area contributed by atoms with Crippen LogP contribution in [0.25, 0.3) is 0 Å². The number of rotatable bonds is 4. The lowest BCUT2D eigenvalue weighted by Gasteiger charge is -2.58. The molecule has 3 fully saturated rings. The van der Waals surface area contributed by atoms with Crippen molar-refractivity contribution < 1.29 is 23.4 Å². The minimum absolute atomic E-state index is 0.167. The van der Waals surface area contributed by atoms with E-state index in [-0.39, 0.29) is 23.4 Å². The summed E-state index contributed by atoms with van der Waals surface area (Å²) in [7, 11) is 0. The molecule has 4 aliphatic rings. The number of halogens is 3. The number of aliphatic hydroxyl groups excluding tert-OH is 2. The Kier molecular flexibility index (Phi) is 5.64. The molecule has 0 aromatic rings. The van der Waals surface area contributed by atoms with Gasteiger partial charge in [-0.15, -0.1) is 0 Å². The molecule has 6 unspecified atom stereocenters. The first-order valence-electron chi connectivity index (χ1n) is 11.7. The van der Waals surface area contributed by atoms with Crippen LogP contribution in [0.1, 0.15) is 84.5 Å². The Labute approximate surface area is 173 Å². The van der Waals surface area contributed by atoms with Crippen LogP contribution in [-0.2, 0) is 0 Å². The fourth-order valence-electron chi connectivity index (χ4n) is 7.95. The van der Waals surface area contributed by atoms with E-state index in [1.807, 2.05) is 0 Å². The summed E-state index contributed by atoms with van der Waals surface area (Å²) in [6.45, 7) is 4.83. The molecule has 0 aliphatic heterocycles. The van der Waals surface area contributed by atoms with Crippen LogP contribution < -0.4 is 0 Å². The van der Waals surface area contributed by atoms with Crippen molar-refractivity contribution in [1.29, 1.82) is 0 Å². The molecule has 166 valence electrons. The normalized spacial score (nSPS) is 45.8. The summed E-state index contributed by atoms with van der Waals surface area (Å²) in [4.78, 5) is 0. The van der Waals surface area contributed by atoms with Crippen LogP contribution in [0.4, 0.5) is 13.2 Å². The van der Waals surface area contributed by atoms with Gasteiger partial charge in [0.05, 0.1) is 6.10 Å². The molecular weight excluding hydrogens is 377 g/mol. The number of hydrogen-bond acceptors (Lipinski definition) is 2. The third-order valence-electron chi connectivity index (χ3n) is 9.68. The zero-order valence-corrected chi connectivity index (χ0v) is 17.8. The molecule has 0 radical (unpaired) electrons. The number of hydrogen-bond donors (Lipinski definition) is 2. The van der Waals surface area contributed by atoms with Gasteiger partial charge in [-0.1, -0.05) is 31.9 Å². The summed E-state index contributed by atoms with van der Waals surface area (Å²) in [5, 5.41) is 19.4. The van der Waals surface area contributed by atoms with E-state index in [0.29, 0.717) is 30.1 Å². The Balaban J connectivity index is 1.43. The lowest BCUT2D eigenvalue weighted by atomic mass is 9.47. The average molecular weight is 415 g/mol.